The molecule has 128 valence electrons. The lowest BCUT2D eigenvalue weighted by Crippen LogP contribution is -2.52. The van der Waals surface area contributed by atoms with Crippen molar-refractivity contribution in [1.82, 2.24) is 15.0 Å². The molecule has 2 aromatic rings. The minimum Gasteiger partial charge on any atom is -0.383 e. The van der Waals surface area contributed by atoms with Crippen LogP contribution >= 0.6 is 23.7 Å². The average Bonchev–Trinajstić information content (AvgIpc) is 3.14. The Morgan fingerprint density at radius 3 is 3.04 bits per heavy atom. The minimum absolute atomic E-state index is 0. The second kappa shape index (κ2) is 7.42. The van der Waals surface area contributed by atoms with Gasteiger partial charge in [0.1, 0.15) is 4.90 Å². The number of hydrogen-bond acceptors (Lipinski definition) is 6. The molecule has 0 aliphatic carbocycles. The van der Waals surface area contributed by atoms with Crippen LogP contribution in [-0.4, -0.2) is 45.7 Å². The standard InChI is InChI=1S/C14H19N3O3S2.ClH/c1-20-10-14(4-2-5-16-14)9-17-22(18,19)11-7-13-12(15-8-11)3-6-21-13;/h3,6-8,16-17H,2,4-5,9-10H2,1H3;1H. The normalized spacial score (nSPS) is 21.4. The van der Waals surface area contributed by atoms with E-state index in [1.54, 1.807) is 13.2 Å². The molecule has 23 heavy (non-hydrogen) atoms. The molecule has 0 spiro atoms. The van der Waals surface area contributed by atoms with E-state index in [0.717, 1.165) is 29.6 Å². The smallest absolute Gasteiger partial charge is 0.242 e. The molecule has 0 bridgehead atoms. The lowest BCUT2D eigenvalue weighted by molar-refractivity contribution is 0.122. The number of rotatable bonds is 6. The first kappa shape index (κ1) is 18.6. The van der Waals surface area contributed by atoms with Crippen LogP contribution in [0.4, 0.5) is 0 Å². The van der Waals surface area contributed by atoms with Gasteiger partial charge < -0.3 is 10.1 Å². The Balaban J connectivity index is 0.00000192. The third kappa shape index (κ3) is 4.01. The Morgan fingerprint density at radius 2 is 2.35 bits per heavy atom. The van der Waals surface area contributed by atoms with Crippen LogP contribution in [0.5, 0.6) is 0 Å². The molecule has 1 unspecified atom stereocenters. The summed E-state index contributed by atoms with van der Waals surface area (Å²) >= 11 is 1.48. The van der Waals surface area contributed by atoms with E-state index < -0.39 is 10.0 Å². The molecule has 0 aromatic carbocycles. The number of halogens is 1. The first-order valence-corrected chi connectivity index (χ1v) is 9.48. The number of methoxy groups -OCH3 is 1. The maximum absolute atomic E-state index is 12.5. The summed E-state index contributed by atoms with van der Waals surface area (Å²) in [5.41, 5.74) is 0.500. The molecule has 0 radical (unpaired) electrons. The molecular formula is C14H20ClN3O3S2. The SMILES string of the molecule is COCC1(CNS(=O)(=O)c2cnc3ccsc3c2)CCCN1.Cl. The fourth-order valence-corrected chi connectivity index (χ4v) is 4.71. The lowest BCUT2D eigenvalue weighted by Gasteiger charge is -2.28. The van der Waals surface area contributed by atoms with Crippen LogP contribution in [0.3, 0.4) is 0 Å². The zero-order chi connectivity index (χ0) is 15.6. The van der Waals surface area contributed by atoms with Crippen molar-refractivity contribution in [2.24, 2.45) is 0 Å². The zero-order valence-electron chi connectivity index (χ0n) is 12.7. The Hall–Kier alpha value is -0.770. The molecule has 1 saturated heterocycles. The van der Waals surface area contributed by atoms with Crippen molar-refractivity contribution in [2.45, 2.75) is 23.3 Å². The predicted molar refractivity (Wildman–Crippen MR) is 93.9 cm³/mol. The summed E-state index contributed by atoms with van der Waals surface area (Å²) in [7, 11) is -1.95. The summed E-state index contributed by atoms with van der Waals surface area (Å²) in [6.07, 6.45) is 3.32. The molecule has 3 heterocycles. The first-order chi connectivity index (χ1) is 10.5. The number of thiophene rings is 1. The van der Waals surface area contributed by atoms with Crippen molar-refractivity contribution >= 4 is 44.0 Å². The molecule has 3 rings (SSSR count). The summed E-state index contributed by atoms with van der Waals surface area (Å²) in [4.78, 5) is 4.39. The van der Waals surface area contributed by atoms with Crippen molar-refractivity contribution in [3.8, 4) is 0 Å². The number of nitrogens with zero attached hydrogens (tertiary/aromatic N) is 1. The number of hydrogen-bond donors (Lipinski definition) is 2. The molecule has 1 atom stereocenters. The van der Waals surface area contributed by atoms with Crippen LogP contribution in [0.25, 0.3) is 10.2 Å². The van der Waals surface area contributed by atoms with Crippen LogP contribution in [-0.2, 0) is 14.8 Å². The minimum atomic E-state index is -3.57. The average molecular weight is 378 g/mol. The molecule has 1 fully saturated rings. The van der Waals surface area contributed by atoms with Crippen molar-refractivity contribution in [1.29, 1.82) is 0 Å². The summed E-state index contributed by atoms with van der Waals surface area (Å²) in [6.45, 7) is 1.68. The molecule has 0 amide bonds. The quantitative estimate of drug-likeness (QED) is 0.801. The maximum Gasteiger partial charge on any atom is 0.242 e. The Bertz CT molecular complexity index is 757. The van der Waals surface area contributed by atoms with Crippen LogP contribution in [0.15, 0.2) is 28.6 Å². The van der Waals surface area contributed by atoms with Gasteiger partial charge >= 0.3 is 0 Å². The third-order valence-electron chi connectivity index (χ3n) is 3.94. The van der Waals surface area contributed by atoms with E-state index in [1.165, 1.54) is 17.5 Å². The summed E-state index contributed by atoms with van der Waals surface area (Å²) in [5.74, 6) is 0. The van der Waals surface area contributed by atoms with Gasteiger partial charge in [0, 0.05) is 19.9 Å². The Kier molecular flexibility index (Phi) is 5.99. The van der Waals surface area contributed by atoms with Gasteiger partial charge in [0.25, 0.3) is 0 Å². The lowest BCUT2D eigenvalue weighted by atomic mass is 9.99. The van der Waals surface area contributed by atoms with Crippen molar-refractivity contribution in [2.75, 3.05) is 26.8 Å². The van der Waals surface area contributed by atoms with Gasteiger partial charge in [-0.3, -0.25) is 4.98 Å². The number of aromatic nitrogens is 1. The van der Waals surface area contributed by atoms with E-state index in [4.69, 9.17) is 4.74 Å². The number of pyridine rings is 1. The molecule has 1 aliphatic rings. The van der Waals surface area contributed by atoms with Gasteiger partial charge in [0.2, 0.25) is 10.0 Å². The van der Waals surface area contributed by atoms with E-state index in [2.05, 4.69) is 15.0 Å². The topological polar surface area (TPSA) is 80.3 Å². The van der Waals surface area contributed by atoms with Gasteiger partial charge in [-0.2, -0.15) is 0 Å². The van der Waals surface area contributed by atoms with Gasteiger partial charge in [0.05, 0.1) is 22.4 Å². The molecule has 6 nitrogen and oxygen atoms in total. The van der Waals surface area contributed by atoms with Gasteiger partial charge in [-0.25, -0.2) is 13.1 Å². The fraction of sp³-hybridized carbons (Fsp3) is 0.500. The molecule has 9 heteroatoms. The van der Waals surface area contributed by atoms with Crippen LogP contribution in [0, 0.1) is 0 Å². The van der Waals surface area contributed by atoms with Crippen molar-refractivity contribution in [3.05, 3.63) is 23.7 Å². The molecule has 2 N–H and O–H groups in total. The van der Waals surface area contributed by atoms with Gasteiger partial charge in [-0.15, -0.1) is 23.7 Å². The number of ether oxygens (including phenoxy) is 1. The first-order valence-electron chi connectivity index (χ1n) is 7.12. The van der Waals surface area contributed by atoms with Crippen LogP contribution in [0.1, 0.15) is 12.8 Å². The van der Waals surface area contributed by atoms with Gasteiger partial charge in [0.15, 0.2) is 0 Å². The Labute approximate surface area is 146 Å². The highest BCUT2D eigenvalue weighted by atomic mass is 35.5. The molecule has 2 aromatic heterocycles. The number of fused-ring (bicyclic) bond motifs is 1. The summed E-state index contributed by atoms with van der Waals surface area (Å²) < 4.78 is 33.8. The fourth-order valence-electron chi connectivity index (χ4n) is 2.76. The van der Waals surface area contributed by atoms with E-state index in [-0.39, 0.29) is 22.8 Å². The van der Waals surface area contributed by atoms with Crippen LogP contribution < -0.4 is 10.0 Å². The monoisotopic (exact) mass is 377 g/mol. The van der Waals surface area contributed by atoms with Gasteiger partial charge in [-0.05, 0) is 36.9 Å². The molecule has 0 saturated carbocycles. The third-order valence-corrected chi connectivity index (χ3v) is 6.16. The largest absolute Gasteiger partial charge is 0.383 e. The second-order valence-electron chi connectivity index (χ2n) is 5.54. The van der Waals surface area contributed by atoms with E-state index >= 15 is 0 Å². The second-order valence-corrected chi connectivity index (χ2v) is 8.26. The Morgan fingerprint density at radius 1 is 1.52 bits per heavy atom. The van der Waals surface area contributed by atoms with Crippen LogP contribution in [0.2, 0.25) is 0 Å². The maximum atomic E-state index is 12.5. The highest BCUT2D eigenvalue weighted by Crippen LogP contribution is 2.23. The summed E-state index contributed by atoms with van der Waals surface area (Å²) in [5, 5.41) is 5.26. The number of sulfonamides is 1. The van der Waals surface area contributed by atoms with E-state index in [9.17, 15) is 8.42 Å². The molecule has 1 aliphatic heterocycles. The highest BCUT2D eigenvalue weighted by molar-refractivity contribution is 7.89. The highest BCUT2D eigenvalue weighted by Gasteiger charge is 2.34. The van der Waals surface area contributed by atoms with Crippen molar-refractivity contribution in [3.63, 3.8) is 0 Å². The molecular weight excluding hydrogens is 358 g/mol. The van der Waals surface area contributed by atoms with E-state index in [0.29, 0.717) is 13.2 Å². The van der Waals surface area contributed by atoms with Crippen molar-refractivity contribution < 1.29 is 13.2 Å². The number of nitrogens with one attached hydrogen (secondary N) is 2. The zero-order valence-corrected chi connectivity index (χ0v) is 15.2. The summed E-state index contributed by atoms with van der Waals surface area (Å²) in [6, 6.07) is 3.54. The van der Waals surface area contributed by atoms with E-state index in [1.807, 2.05) is 11.4 Å². The predicted octanol–water partition coefficient (Wildman–Crippen LogP) is 1.76. The van der Waals surface area contributed by atoms with Gasteiger partial charge in [-0.1, -0.05) is 0 Å².